The van der Waals surface area contributed by atoms with Gasteiger partial charge in [0.2, 0.25) is 0 Å². The van der Waals surface area contributed by atoms with Crippen molar-refractivity contribution >= 4 is 23.4 Å². The third kappa shape index (κ3) is 2.65. The van der Waals surface area contributed by atoms with Crippen LogP contribution in [0.1, 0.15) is 16.1 Å². The van der Waals surface area contributed by atoms with Crippen molar-refractivity contribution in [2.45, 2.75) is 11.9 Å². The van der Waals surface area contributed by atoms with Gasteiger partial charge in [-0.15, -0.1) is 22.0 Å². The predicted molar refractivity (Wildman–Crippen MR) is 67.3 cm³/mol. The standard InChI is InChI=1S/C11H12N4OS/c1-7-4-3-5-8(6-7)12-10(16)9-11(17-2)14-15-13-9/h3-6H,1-2H3,(H,12,16)(H,13,14,15). The number of hydrogen-bond acceptors (Lipinski definition) is 4. The van der Waals surface area contributed by atoms with Crippen LogP contribution in [0.2, 0.25) is 0 Å². The largest absolute Gasteiger partial charge is 0.320 e. The highest BCUT2D eigenvalue weighted by Gasteiger charge is 2.15. The number of anilines is 1. The Bertz CT molecular complexity index is 538. The second kappa shape index (κ2) is 5.01. The molecule has 0 radical (unpaired) electrons. The molecule has 5 nitrogen and oxygen atoms in total. The first kappa shape index (κ1) is 11.7. The van der Waals surface area contributed by atoms with Gasteiger partial charge in [0.15, 0.2) is 10.7 Å². The molecule has 2 aromatic rings. The summed E-state index contributed by atoms with van der Waals surface area (Å²) in [7, 11) is 0. The highest BCUT2D eigenvalue weighted by atomic mass is 32.2. The Kier molecular flexibility index (Phi) is 3.43. The van der Waals surface area contributed by atoms with E-state index < -0.39 is 0 Å². The molecule has 2 rings (SSSR count). The van der Waals surface area contributed by atoms with Crippen LogP contribution in [0, 0.1) is 6.92 Å². The summed E-state index contributed by atoms with van der Waals surface area (Å²) in [5, 5.41) is 13.5. The number of carbonyl (C=O) groups is 1. The maximum absolute atomic E-state index is 11.9. The fraction of sp³-hybridized carbons (Fsp3) is 0.182. The lowest BCUT2D eigenvalue weighted by atomic mass is 10.2. The van der Waals surface area contributed by atoms with Crippen LogP contribution in [0.5, 0.6) is 0 Å². The van der Waals surface area contributed by atoms with Gasteiger partial charge in [0, 0.05) is 5.69 Å². The summed E-state index contributed by atoms with van der Waals surface area (Å²) in [5.74, 6) is -0.256. The van der Waals surface area contributed by atoms with E-state index in [-0.39, 0.29) is 5.91 Å². The van der Waals surface area contributed by atoms with E-state index in [1.807, 2.05) is 37.4 Å². The van der Waals surface area contributed by atoms with Gasteiger partial charge in [-0.25, -0.2) is 0 Å². The van der Waals surface area contributed by atoms with Gasteiger partial charge < -0.3 is 5.32 Å². The monoisotopic (exact) mass is 248 g/mol. The van der Waals surface area contributed by atoms with Crippen LogP contribution in [0.4, 0.5) is 5.69 Å². The molecule has 0 unspecified atom stereocenters. The maximum Gasteiger partial charge on any atom is 0.279 e. The van der Waals surface area contributed by atoms with Gasteiger partial charge in [-0.1, -0.05) is 12.1 Å². The van der Waals surface area contributed by atoms with E-state index in [0.29, 0.717) is 10.7 Å². The molecule has 88 valence electrons. The summed E-state index contributed by atoms with van der Waals surface area (Å²) in [6, 6.07) is 7.60. The van der Waals surface area contributed by atoms with Gasteiger partial charge in [0.05, 0.1) is 0 Å². The Morgan fingerprint density at radius 3 is 2.94 bits per heavy atom. The fourth-order valence-corrected chi connectivity index (χ4v) is 1.89. The zero-order valence-corrected chi connectivity index (χ0v) is 10.3. The molecule has 0 aliphatic carbocycles. The molecular formula is C11H12N4OS. The van der Waals surface area contributed by atoms with E-state index in [2.05, 4.69) is 20.7 Å². The second-order valence-corrected chi connectivity index (χ2v) is 4.30. The number of nitrogens with zero attached hydrogens (tertiary/aromatic N) is 2. The molecule has 0 spiro atoms. The number of amides is 1. The number of thioether (sulfide) groups is 1. The van der Waals surface area contributed by atoms with Crippen LogP contribution in [0.25, 0.3) is 0 Å². The molecule has 1 heterocycles. The number of hydrogen-bond donors (Lipinski definition) is 2. The van der Waals surface area contributed by atoms with Crippen LogP contribution in [0.3, 0.4) is 0 Å². The van der Waals surface area contributed by atoms with Crippen LogP contribution in [-0.2, 0) is 0 Å². The van der Waals surface area contributed by atoms with Crippen molar-refractivity contribution in [1.29, 1.82) is 0 Å². The number of H-pyrrole nitrogens is 1. The Morgan fingerprint density at radius 1 is 1.41 bits per heavy atom. The Balaban J connectivity index is 2.17. The van der Waals surface area contributed by atoms with E-state index in [9.17, 15) is 4.79 Å². The lowest BCUT2D eigenvalue weighted by Gasteiger charge is -2.04. The average molecular weight is 248 g/mol. The molecule has 1 aromatic heterocycles. The average Bonchev–Trinajstić information content (AvgIpc) is 2.77. The SMILES string of the molecule is CSc1n[nH]nc1C(=O)Nc1cccc(C)c1. The molecule has 0 fully saturated rings. The van der Waals surface area contributed by atoms with Crippen molar-refractivity contribution in [1.82, 2.24) is 15.4 Å². The fourth-order valence-electron chi connectivity index (χ4n) is 1.42. The van der Waals surface area contributed by atoms with Crippen LogP contribution in [0.15, 0.2) is 29.3 Å². The Labute approximate surface area is 103 Å². The number of aryl methyl sites for hydroxylation is 1. The van der Waals surface area contributed by atoms with Gasteiger partial charge in [-0.05, 0) is 30.9 Å². The predicted octanol–water partition coefficient (Wildman–Crippen LogP) is 2.09. The molecule has 0 atom stereocenters. The molecule has 2 N–H and O–H groups in total. The molecular weight excluding hydrogens is 236 g/mol. The summed E-state index contributed by atoms with van der Waals surface area (Å²) in [6.45, 7) is 1.97. The first-order chi connectivity index (χ1) is 8.20. The van der Waals surface area contributed by atoms with Crippen molar-refractivity contribution in [3.63, 3.8) is 0 Å². The smallest absolute Gasteiger partial charge is 0.279 e. The minimum atomic E-state index is -0.256. The van der Waals surface area contributed by atoms with Crippen molar-refractivity contribution in [3.8, 4) is 0 Å². The van der Waals surface area contributed by atoms with Gasteiger partial charge in [-0.3, -0.25) is 4.79 Å². The zero-order chi connectivity index (χ0) is 12.3. The molecule has 1 amide bonds. The molecule has 0 aliphatic heterocycles. The summed E-state index contributed by atoms with van der Waals surface area (Å²) in [4.78, 5) is 11.9. The quantitative estimate of drug-likeness (QED) is 0.816. The normalized spacial score (nSPS) is 10.2. The Morgan fingerprint density at radius 2 is 2.24 bits per heavy atom. The topological polar surface area (TPSA) is 70.7 Å². The van der Waals surface area contributed by atoms with Crippen molar-refractivity contribution in [3.05, 3.63) is 35.5 Å². The van der Waals surface area contributed by atoms with Crippen LogP contribution >= 0.6 is 11.8 Å². The zero-order valence-electron chi connectivity index (χ0n) is 9.52. The first-order valence-corrected chi connectivity index (χ1v) is 6.26. The number of nitrogens with one attached hydrogen (secondary N) is 2. The summed E-state index contributed by atoms with van der Waals surface area (Å²) >= 11 is 1.38. The number of aromatic amines is 1. The maximum atomic E-state index is 11.9. The van der Waals surface area contributed by atoms with Gasteiger partial charge >= 0.3 is 0 Å². The number of carbonyl (C=O) groups excluding carboxylic acids is 1. The Hall–Kier alpha value is -1.82. The lowest BCUT2D eigenvalue weighted by Crippen LogP contribution is -2.13. The van der Waals surface area contributed by atoms with Crippen molar-refractivity contribution in [2.24, 2.45) is 0 Å². The minimum Gasteiger partial charge on any atom is -0.320 e. The number of benzene rings is 1. The molecule has 0 aliphatic rings. The van der Waals surface area contributed by atoms with E-state index >= 15 is 0 Å². The third-order valence-corrected chi connectivity index (χ3v) is 2.87. The highest BCUT2D eigenvalue weighted by molar-refractivity contribution is 7.98. The lowest BCUT2D eigenvalue weighted by molar-refractivity contribution is 0.101. The third-order valence-electron chi connectivity index (χ3n) is 2.20. The molecule has 17 heavy (non-hydrogen) atoms. The van der Waals surface area contributed by atoms with E-state index in [1.54, 1.807) is 0 Å². The molecule has 6 heteroatoms. The highest BCUT2D eigenvalue weighted by Crippen LogP contribution is 2.16. The van der Waals surface area contributed by atoms with Crippen LogP contribution < -0.4 is 5.32 Å². The van der Waals surface area contributed by atoms with Gasteiger partial charge in [-0.2, -0.15) is 5.21 Å². The minimum absolute atomic E-state index is 0.256. The molecule has 0 bridgehead atoms. The summed E-state index contributed by atoms with van der Waals surface area (Å²) in [5.41, 5.74) is 2.16. The number of aromatic nitrogens is 3. The van der Waals surface area contributed by atoms with Gasteiger partial charge in [0.25, 0.3) is 5.91 Å². The van der Waals surface area contributed by atoms with E-state index in [1.165, 1.54) is 11.8 Å². The second-order valence-electron chi connectivity index (χ2n) is 3.51. The van der Waals surface area contributed by atoms with Crippen LogP contribution in [-0.4, -0.2) is 27.6 Å². The molecule has 0 saturated heterocycles. The summed E-state index contributed by atoms with van der Waals surface area (Å²) in [6.07, 6.45) is 1.85. The first-order valence-electron chi connectivity index (χ1n) is 5.03. The molecule has 0 saturated carbocycles. The number of rotatable bonds is 3. The van der Waals surface area contributed by atoms with Gasteiger partial charge in [0.1, 0.15) is 0 Å². The van der Waals surface area contributed by atoms with Crippen molar-refractivity contribution in [2.75, 3.05) is 11.6 Å². The molecule has 1 aromatic carbocycles. The summed E-state index contributed by atoms with van der Waals surface area (Å²) < 4.78 is 0. The van der Waals surface area contributed by atoms with E-state index in [0.717, 1.165) is 11.3 Å². The van der Waals surface area contributed by atoms with E-state index in [4.69, 9.17) is 0 Å². The van der Waals surface area contributed by atoms with Crippen molar-refractivity contribution < 1.29 is 4.79 Å².